The van der Waals surface area contributed by atoms with E-state index < -0.39 is 0 Å². The number of carbonyl (C=O) groups excluding carboxylic acids is 2. The molecule has 1 heterocycles. The summed E-state index contributed by atoms with van der Waals surface area (Å²) in [6, 6.07) is 16.1. The normalized spacial score (nSPS) is 15.8. The summed E-state index contributed by atoms with van der Waals surface area (Å²) in [6.45, 7) is 1.73. The molecule has 7 nitrogen and oxygen atoms in total. The van der Waals surface area contributed by atoms with Crippen LogP contribution in [0.4, 0.5) is 21.0 Å². The molecule has 142 valence electrons. The molecule has 0 spiro atoms. The lowest BCUT2D eigenvalue weighted by atomic mass is 10.2. The number of hydrogen-bond donors (Lipinski definition) is 4. The summed E-state index contributed by atoms with van der Waals surface area (Å²) < 4.78 is 5.47. The van der Waals surface area contributed by atoms with Gasteiger partial charge in [0.2, 0.25) is 0 Å². The predicted molar refractivity (Wildman–Crippen MR) is 105 cm³/mol. The fourth-order valence-electron chi connectivity index (χ4n) is 2.78. The number of nitrogens with one attached hydrogen (secondary N) is 4. The highest BCUT2D eigenvalue weighted by atomic mass is 16.5. The fourth-order valence-corrected chi connectivity index (χ4v) is 2.78. The van der Waals surface area contributed by atoms with Crippen LogP contribution in [0.5, 0.6) is 0 Å². The summed E-state index contributed by atoms with van der Waals surface area (Å²) in [4.78, 5) is 23.8. The highest BCUT2D eigenvalue weighted by Crippen LogP contribution is 2.14. The Bertz CT molecular complexity index is 744. The first kappa shape index (κ1) is 18.7. The van der Waals surface area contributed by atoms with Gasteiger partial charge in [0, 0.05) is 31.1 Å². The number of amides is 4. The van der Waals surface area contributed by atoms with E-state index in [1.165, 1.54) is 0 Å². The van der Waals surface area contributed by atoms with Crippen molar-refractivity contribution in [2.75, 3.05) is 23.8 Å². The van der Waals surface area contributed by atoms with Crippen LogP contribution in [0.25, 0.3) is 0 Å². The van der Waals surface area contributed by atoms with Gasteiger partial charge in [0.25, 0.3) is 0 Å². The minimum atomic E-state index is -0.283. The molecular weight excluding hydrogens is 344 g/mol. The molecule has 4 amide bonds. The Labute approximate surface area is 158 Å². The maximum absolute atomic E-state index is 11.9. The molecule has 0 bridgehead atoms. The van der Waals surface area contributed by atoms with Crippen molar-refractivity contribution in [2.45, 2.75) is 25.5 Å². The Balaban J connectivity index is 1.39. The van der Waals surface area contributed by atoms with Crippen molar-refractivity contribution in [3.8, 4) is 0 Å². The van der Waals surface area contributed by atoms with Gasteiger partial charge in [-0.15, -0.1) is 0 Å². The molecule has 1 aliphatic heterocycles. The number of rotatable bonds is 6. The van der Waals surface area contributed by atoms with Gasteiger partial charge in [-0.1, -0.05) is 30.3 Å². The quantitative estimate of drug-likeness (QED) is 0.630. The molecule has 7 heteroatoms. The Morgan fingerprint density at radius 3 is 2.11 bits per heavy atom. The van der Waals surface area contributed by atoms with Crippen LogP contribution in [0.3, 0.4) is 0 Å². The highest BCUT2D eigenvalue weighted by molar-refractivity contribution is 5.91. The molecule has 27 heavy (non-hydrogen) atoms. The molecule has 0 radical (unpaired) electrons. The molecule has 0 saturated carbocycles. The van der Waals surface area contributed by atoms with E-state index in [4.69, 9.17) is 4.74 Å². The second kappa shape index (κ2) is 9.59. The van der Waals surface area contributed by atoms with Gasteiger partial charge in [0.05, 0.1) is 6.10 Å². The molecule has 4 N–H and O–H groups in total. The van der Waals surface area contributed by atoms with E-state index in [1.54, 1.807) is 24.3 Å². The lowest BCUT2D eigenvalue weighted by Gasteiger charge is -2.12. The average molecular weight is 368 g/mol. The first-order valence-corrected chi connectivity index (χ1v) is 9.04. The van der Waals surface area contributed by atoms with Gasteiger partial charge in [-0.2, -0.15) is 0 Å². The summed E-state index contributed by atoms with van der Waals surface area (Å²) >= 11 is 0. The SMILES string of the molecule is O=C(NCc1ccccc1)Nc1ccc(NC(=O)NC[C@H]2CCCO2)cc1. The molecule has 3 rings (SSSR count). The van der Waals surface area contributed by atoms with E-state index in [1.807, 2.05) is 30.3 Å². The number of benzene rings is 2. The van der Waals surface area contributed by atoms with Gasteiger partial charge < -0.3 is 26.0 Å². The molecule has 0 aromatic heterocycles. The lowest BCUT2D eigenvalue weighted by Crippen LogP contribution is -2.35. The van der Waals surface area contributed by atoms with Crippen molar-refractivity contribution in [1.29, 1.82) is 0 Å². The van der Waals surface area contributed by atoms with Crippen LogP contribution in [-0.4, -0.2) is 31.3 Å². The van der Waals surface area contributed by atoms with Gasteiger partial charge in [-0.05, 0) is 42.7 Å². The monoisotopic (exact) mass is 368 g/mol. The molecule has 1 fully saturated rings. The molecule has 0 unspecified atom stereocenters. The number of ether oxygens (including phenoxy) is 1. The number of urea groups is 2. The Morgan fingerprint density at radius 1 is 0.889 bits per heavy atom. The van der Waals surface area contributed by atoms with Crippen molar-refractivity contribution >= 4 is 23.4 Å². The van der Waals surface area contributed by atoms with Gasteiger partial charge >= 0.3 is 12.1 Å². The summed E-state index contributed by atoms with van der Waals surface area (Å²) in [7, 11) is 0. The second-order valence-electron chi connectivity index (χ2n) is 6.34. The van der Waals surface area contributed by atoms with Gasteiger partial charge in [-0.3, -0.25) is 0 Å². The van der Waals surface area contributed by atoms with Crippen LogP contribution in [0.1, 0.15) is 18.4 Å². The average Bonchev–Trinajstić information content (AvgIpc) is 3.21. The third-order valence-electron chi connectivity index (χ3n) is 4.21. The lowest BCUT2D eigenvalue weighted by molar-refractivity contribution is 0.112. The van der Waals surface area contributed by atoms with E-state index >= 15 is 0 Å². The van der Waals surface area contributed by atoms with Crippen LogP contribution in [0.2, 0.25) is 0 Å². The molecule has 0 aliphatic carbocycles. The standard InChI is InChI=1S/C20H24N4O3/c25-19(21-13-15-5-2-1-3-6-15)23-16-8-10-17(11-9-16)24-20(26)22-14-18-7-4-12-27-18/h1-3,5-6,8-11,18H,4,7,12-14H2,(H2,21,23,25)(H2,22,24,26)/t18-/m1/s1. The zero-order valence-electron chi connectivity index (χ0n) is 15.0. The number of anilines is 2. The van der Waals surface area contributed by atoms with E-state index in [0.717, 1.165) is 25.0 Å². The summed E-state index contributed by atoms with van der Waals surface area (Å²) in [5.41, 5.74) is 2.32. The second-order valence-corrected chi connectivity index (χ2v) is 6.34. The van der Waals surface area contributed by atoms with E-state index in [-0.39, 0.29) is 18.2 Å². The molecule has 2 aromatic carbocycles. The first-order valence-electron chi connectivity index (χ1n) is 9.04. The third-order valence-corrected chi connectivity index (χ3v) is 4.21. The maximum Gasteiger partial charge on any atom is 0.319 e. The molecule has 2 aromatic rings. The molecule has 1 atom stereocenters. The predicted octanol–water partition coefficient (Wildman–Crippen LogP) is 3.31. The largest absolute Gasteiger partial charge is 0.376 e. The van der Waals surface area contributed by atoms with E-state index in [2.05, 4.69) is 21.3 Å². The van der Waals surface area contributed by atoms with Crippen molar-refractivity contribution in [1.82, 2.24) is 10.6 Å². The molecule has 1 saturated heterocycles. The summed E-state index contributed by atoms with van der Waals surface area (Å²) in [6.07, 6.45) is 2.13. The van der Waals surface area contributed by atoms with Crippen molar-refractivity contribution < 1.29 is 14.3 Å². The number of carbonyl (C=O) groups is 2. The maximum atomic E-state index is 11.9. The Kier molecular flexibility index (Phi) is 6.65. The Morgan fingerprint density at radius 2 is 1.52 bits per heavy atom. The zero-order valence-corrected chi connectivity index (χ0v) is 15.0. The minimum Gasteiger partial charge on any atom is -0.376 e. The van der Waals surface area contributed by atoms with Crippen LogP contribution in [0.15, 0.2) is 54.6 Å². The molecular formula is C20H24N4O3. The van der Waals surface area contributed by atoms with Gasteiger partial charge in [0.1, 0.15) is 0 Å². The van der Waals surface area contributed by atoms with Crippen LogP contribution in [-0.2, 0) is 11.3 Å². The Hall–Kier alpha value is -3.06. The summed E-state index contributed by atoms with van der Waals surface area (Å²) in [5.74, 6) is 0. The van der Waals surface area contributed by atoms with Gasteiger partial charge in [-0.25, -0.2) is 9.59 Å². The van der Waals surface area contributed by atoms with Crippen LogP contribution >= 0.6 is 0 Å². The third kappa shape index (κ3) is 6.31. The van der Waals surface area contributed by atoms with Crippen molar-refractivity contribution in [2.24, 2.45) is 0 Å². The smallest absolute Gasteiger partial charge is 0.319 e. The minimum absolute atomic E-state index is 0.108. The van der Waals surface area contributed by atoms with Gasteiger partial charge in [0.15, 0.2) is 0 Å². The number of hydrogen-bond acceptors (Lipinski definition) is 3. The van der Waals surface area contributed by atoms with Crippen LogP contribution < -0.4 is 21.3 Å². The van der Waals surface area contributed by atoms with Crippen LogP contribution in [0, 0.1) is 0 Å². The first-order chi connectivity index (χ1) is 13.2. The fraction of sp³-hybridized carbons (Fsp3) is 0.300. The summed E-state index contributed by atoms with van der Waals surface area (Å²) in [5, 5.41) is 11.1. The highest BCUT2D eigenvalue weighted by Gasteiger charge is 2.16. The van der Waals surface area contributed by atoms with Crippen molar-refractivity contribution in [3.05, 3.63) is 60.2 Å². The van der Waals surface area contributed by atoms with E-state index in [0.29, 0.717) is 24.5 Å². The zero-order chi connectivity index (χ0) is 18.9. The molecule has 1 aliphatic rings. The topological polar surface area (TPSA) is 91.5 Å². The van der Waals surface area contributed by atoms with E-state index in [9.17, 15) is 9.59 Å². The van der Waals surface area contributed by atoms with Crippen molar-refractivity contribution in [3.63, 3.8) is 0 Å².